The van der Waals surface area contributed by atoms with Crippen LogP contribution in [0.4, 0.5) is 0 Å². The van der Waals surface area contributed by atoms with Gasteiger partial charge in [0.2, 0.25) is 0 Å². The highest BCUT2D eigenvalue weighted by Crippen LogP contribution is 2.35. The van der Waals surface area contributed by atoms with Gasteiger partial charge in [0.05, 0.1) is 0 Å². The van der Waals surface area contributed by atoms with Gasteiger partial charge in [0.15, 0.2) is 0 Å². The second kappa shape index (κ2) is 3.77. The summed E-state index contributed by atoms with van der Waals surface area (Å²) in [6.07, 6.45) is 4.99. The third-order valence-corrected chi connectivity index (χ3v) is 4.30. The molecule has 2 heteroatoms. The van der Waals surface area contributed by atoms with Crippen LogP contribution in [-0.4, -0.2) is 29.6 Å². The number of aromatic hydroxyl groups is 1. The summed E-state index contributed by atoms with van der Waals surface area (Å²) >= 11 is 0. The standard InChI is InChI=1S/C14H19NO/c1-15-6-2-3-11-7-12-8-13(16)5-4-10(12)9-14(11)15/h4-5,8,11,14,16H,2-3,6-7,9H2,1H3/t11-,14+/m1/s1. The van der Waals surface area contributed by atoms with Gasteiger partial charge in [-0.25, -0.2) is 0 Å². The van der Waals surface area contributed by atoms with Crippen LogP contribution in [-0.2, 0) is 12.8 Å². The monoisotopic (exact) mass is 217 g/mol. The third kappa shape index (κ3) is 1.61. The molecule has 86 valence electrons. The lowest BCUT2D eigenvalue weighted by Gasteiger charge is -2.42. The first-order valence-electron chi connectivity index (χ1n) is 6.25. The SMILES string of the molecule is CN1CCC[C@@H]2Cc3cc(O)ccc3C[C@@H]21. The van der Waals surface area contributed by atoms with E-state index in [0.29, 0.717) is 5.75 Å². The molecule has 2 atom stereocenters. The predicted molar refractivity (Wildman–Crippen MR) is 64.7 cm³/mol. The normalized spacial score (nSPS) is 29.6. The molecule has 1 aliphatic heterocycles. The van der Waals surface area contributed by atoms with Crippen LogP contribution in [0.15, 0.2) is 18.2 Å². The Morgan fingerprint density at radius 3 is 3.00 bits per heavy atom. The highest BCUT2D eigenvalue weighted by molar-refractivity contribution is 5.37. The van der Waals surface area contributed by atoms with Crippen LogP contribution in [0.25, 0.3) is 0 Å². The number of phenols is 1. The van der Waals surface area contributed by atoms with E-state index in [2.05, 4.69) is 18.0 Å². The van der Waals surface area contributed by atoms with E-state index in [1.54, 1.807) is 0 Å². The lowest BCUT2D eigenvalue weighted by molar-refractivity contribution is 0.112. The molecule has 16 heavy (non-hydrogen) atoms. The van der Waals surface area contributed by atoms with E-state index < -0.39 is 0 Å². The minimum absolute atomic E-state index is 0.418. The summed E-state index contributed by atoms with van der Waals surface area (Å²) in [7, 11) is 2.25. The van der Waals surface area contributed by atoms with Crippen molar-refractivity contribution >= 4 is 0 Å². The Labute approximate surface area is 96.9 Å². The van der Waals surface area contributed by atoms with Crippen LogP contribution in [0.2, 0.25) is 0 Å². The van der Waals surface area contributed by atoms with E-state index in [-0.39, 0.29) is 0 Å². The number of hydrogen-bond acceptors (Lipinski definition) is 2. The van der Waals surface area contributed by atoms with Crippen LogP contribution in [0.1, 0.15) is 24.0 Å². The highest BCUT2D eigenvalue weighted by Gasteiger charge is 2.33. The van der Waals surface area contributed by atoms with Crippen molar-refractivity contribution in [1.29, 1.82) is 0 Å². The summed E-state index contributed by atoms with van der Waals surface area (Å²) in [6, 6.07) is 6.61. The second-order valence-electron chi connectivity index (χ2n) is 5.31. The molecule has 1 N–H and O–H groups in total. The molecule has 1 heterocycles. The summed E-state index contributed by atoms with van der Waals surface area (Å²) < 4.78 is 0. The van der Waals surface area contributed by atoms with Gasteiger partial charge < -0.3 is 10.0 Å². The Morgan fingerprint density at radius 1 is 1.25 bits per heavy atom. The first-order valence-corrected chi connectivity index (χ1v) is 6.25. The molecule has 1 aliphatic carbocycles. The zero-order chi connectivity index (χ0) is 11.1. The maximum absolute atomic E-state index is 9.53. The Kier molecular flexibility index (Phi) is 2.40. The van der Waals surface area contributed by atoms with Crippen molar-refractivity contribution in [2.75, 3.05) is 13.6 Å². The van der Waals surface area contributed by atoms with E-state index in [9.17, 15) is 5.11 Å². The van der Waals surface area contributed by atoms with Gasteiger partial charge in [-0.1, -0.05) is 6.07 Å². The number of piperidine rings is 1. The van der Waals surface area contributed by atoms with E-state index in [4.69, 9.17) is 0 Å². The van der Waals surface area contributed by atoms with Gasteiger partial charge in [0.1, 0.15) is 5.75 Å². The van der Waals surface area contributed by atoms with Gasteiger partial charge >= 0.3 is 0 Å². The molecule has 3 rings (SSSR count). The molecule has 1 aromatic rings. The number of benzene rings is 1. The van der Waals surface area contributed by atoms with Crippen molar-refractivity contribution < 1.29 is 5.11 Å². The van der Waals surface area contributed by atoms with Crippen molar-refractivity contribution in [1.82, 2.24) is 4.90 Å². The highest BCUT2D eigenvalue weighted by atomic mass is 16.3. The van der Waals surface area contributed by atoms with Gasteiger partial charge in [0, 0.05) is 6.04 Å². The maximum atomic E-state index is 9.53. The van der Waals surface area contributed by atoms with Crippen molar-refractivity contribution in [3.8, 4) is 5.75 Å². The molecule has 0 spiro atoms. The summed E-state index contributed by atoms with van der Waals surface area (Å²) in [6.45, 7) is 1.24. The predicted octanol–water partition coefficient (Wildman–Crippen LogP) is 2.20. The molecule has 0 bridgehead atoms. The molecule has 2 aliphatic rings. The molecular weight excluding hydrogens is 198 g/mol. The van der Waals surface area contributed by atoms with E-state index in [0.717, 1.165) is 24.8 Å². The van der Waals surface area contributed by atoms with Crippen molar-refractivity contribution in [3.05, 3.63) is 29.3 Å². The third-order valence-electron chi connectivity index (χ3n) is 4.30. The Bertz CT molecular complexity index is 402. The van der Waals surface area contributed by atoms with Gasteiger partial charge in [-0.05, 0) is 68.5 Å². The molecule has 0 radical (unpaired) electrons. The number of rotatable bonds is 0. The fourth-order valence-corrected chi connectivity index (χ4v) is 3.39. The van der Waals surface area contributed by atoms with Gasteiger partial charge in [0.25, 0.3) is 0 Å². The largest absolute Gasteiger partial charge is 0.508 e. The quantitative estimate of drug-likeness (QED) is 0.720. The first-order chi connectivity index (χ1) is 7.74. The molecule has 0 aromatic heterocycles. The van der Waals surface area contributed by atoms with Crippen LogP contribution in [0.5, 0.6) is 5.75 Å². The van der Waals surface area contributed by atoms with Crippen LogP contribution in [0, 0.1) is 5.92 Å². The number of fused-ring (bicyclic) bond motifs is 2. The van der Waals surface area contributed by atoms with E-state index >= 15 is 0 Å². The molecule has 0 saturated carbocycles. The smallest absolute Gasteiger partial charge is 0.115 e. The Morgan fingerprint density at radius 2 is 2.12 bits per heavy atom. The summed E-state index contributed by atoms with van der Waals surface area (Å²) in [5.41, 5.74) is 2.81. The molecule has 0 amide bonds. The summed E-state index contributed by atoms with van der Waals surface area (Å²) in [5, 5.41) is 9.53. The number of likely N-dealkylation sites (tertiary alicyclic amines) is 1. The number of hydrogen-bond donors (Lipinski definition) is 1. The maximum Gasteiger partial charge on any atom is 0.115 e. The molecular formula is C14H19NO. The molecule has 2 nitrogen and oxygen atoms in total. The van der Waals surface area contributed by atoms with Crippen molar-refractivity contribution in [2.24, 2.45) is 5.92 Å². The zero-order valence-electron chi connectivity index (χ0n) is 9.82. The van der Waals surface area contributed by atoms with E-state index in [1.165, 1.54) is 30.5 Å². The molecule has 0 unspecified atom stereocenters. The minimum Gasteiger partial charge on any atom is -0.508 e. The average Bonchev–Trinajstić information content (AvgIpc) is 2.27. The number of phenolic OH excluding ortho intramolecular Hbond substituents is 1. The van der Waals surface area contributed by atoms with Crippen molar-refractivity contribution in [3.63, 3.8) is 0 Å². The lowest BCUT2D eigenvalue weighted by atomic mass is 9.75. The number of nitrogens with zero attached hydrogens (tertiary/aromatic N) is 1. The van der Waals surface area contributed by atoms with Gasteiger partial charge in [-0.3, -0.25) is 0 Å². The minimum atomic E-state index is 0.418. The molecule has 1 fully saturated rings. The van der Waals surface area contributed by atoms with Gasteiger partial charge in [-0.2, -0.15) is 0 Å². The topological polar surface area (TPSA) is 23.5 Å². The van der Waals surface area contributed by atoms with Crippen molar-refractivity contribution in [2.45, 2.75) is 31.7 Å². The Balaban J connectivity index is 1.93. The molecule has 1 saturated heterocycles. The summed E-state index contributed by atoms with van der Waals surface area (Å²) in [4.78, 5) is 2.52. The lowest BCUT2D eigenvalue weighted by Crippen LogP contribution is -2.47. The van der Waals surface area contributed by atoms with Gasteiger partial charge in [-0.15, -0.1) is 0 Å². The van der Waals surface area contributed by atoms with Crippen LogP contribution < -0.4 is 0 Å². The fourth-order valence-electron chi connectivity index (χ4n) is 3.39. The fraction of sp³-hybridized carbons (Fsp3) is 0.571. The number of likely N-dealkylation sites (N-methyl/N-ethyl adjacent to an activating group) is 1. The Hall–Kier alpha value is -1.02. The molecule has 1 aromatic carbocycles. The summed E-state index contributed by atoms with van der Waals surface area (Å²) in [5.74, 6) is 1.22. The zero-order valence-corrected chi connectivity index (χ0v) is 9.82. The second-order valence-corrected chi connectivity index (χ2v) is 5.31. The first kappa shape index (κ1) is 10.2. The van der Waals surface area contributed by atoms with E-state index in [1.807, 2.05) is 12.1 Å². The average molecular weight is 217 g/mol. The van der Waals surface area contributed by atoms with Crippen LogP contribution in [0.3, 0.4) is 0 Å². The van der Waals surface area contributed by atoms with Crippen LogP contribution >= 0.6 is 0 Å².